The van der Waals surface area contributed by atoms with Gasteiger partial charge < -0.3 is 0 Å². The molecule has 2 aromatic rings. The van der Waals surface area contributed by atoms with Gasteiger partial charge in [0.15, 0.2) is 0 Å². The van der Waals surface area contributed by atoms with Crippen LogP contribution in [-0.4, -0.2) is 0 Å². The summed E-state index contributed by atoms with van der Waals surface area (Å²) in [4.78, 5) is 0. The van der Waals surface area contributed by atoms with Gasteiger partial charge in [0, 0.05) is 6.42 Å². The van der Waals surface area contributed by atoms with Crippen LogP contribution in [0.15, 0.2) is 42.5 Å². The highest BCUT2D eigenvalue weighted by Gasteiger charge is 2.20. The zero-order valence-corrected chi connectivity index (χ0v) is 14.5. The van der Waals surface area contributed by atoms with E-state index in [2.05, 4.69) is 55.8 Å². The summed E-state index contributed by atoms with van der Waals surface area (Å²) >= 11 is 0. The molecule has 0 N–H and O–H groups in total. The predicted molar refractivity (Wildman–Crippen MR) is 101 cm³/mol. The molecule has 0 aliphatic heterocycles. The zero-order chi connectivity index (χ0) is 15.9. The summed E-state index contributed by atoms with van der Waals surface area (Å²) in [6.07, 6.45) is 14.7. The lowest BCUT2D eigenvalue weighted by Crippen LogP contribution is -1.92. The molecule has 0 unspecified atom stereocenters. The fourth-order valence-electron chi connectivity index (χ4n) is 3.71. The van der Waals surface area contributed by atoms with E-state index in [1.54, 1.807) is 0 Å². The molecule has 23 heavy (non-hydrogen) atoms. The van der Waals surface area contributed by atoms with Crippen molar-refractivity contribution in [1.29, 1.82) is 0 Å². The fourth-order valence-corrected chi connectivity index (χ4v) is 3.71. The highest BCUT2D eigenvalue weighted by molar-refractivity contribution is 5.82. The van der Waals surface area contributed by atoms with Gasteiger partial charge in [0.2, 0.25) is 0 Å². The van der Waals surface area contributed by atoms with Crippen molar-refractivity contribution in [2.45, 2.75) is 64.7 Å². The Labute approximate surface area is 141 Å². The van der Waals surface area contributed by atoms with E-state index in [0.29, 0.717) is 0 Å². The third kappa shape index (κ3) is 4.05. The van der Waals surface area contributed by atoms with Crippen molar-refractivity contribution in [1.82, 2.24) is 0 Å². The summed E-state index contributed by atoms with van der Waals surface area (Å²) in [5, 5.41) is 0. The van der Waals surface area contributed by atoms with Crippen LogP contribution >= 0.6 is 0 Å². The second-order valence-electron chi connectivity index (χ2n) is 6.83. The Balaban J connectivity index is 1.49. The van der Waals surface area contributed by atoms with Crippen molar-refractivity contribution in [3.63, 3.8) is 0 Å². The van der Waals surface area contributed by atoms with E-state index in [-0.39, 0.29) is 0 Å². The van der Waals surface area contributed by atoms with E-state index in [1.165, 1.54) is 85.6 Å². The predicted octanol–water partition coefficient (Wildman–Crippen LogP) is 6.95. The van der Waals surface area contributed by atoms with Crippen molar-refractivity contribution in [2.24, 2.45) is 0 Å². The van der Waals surface area contributed by atoms with Gasteiger partial charge in [-0.05, 0) is 40.7 Å². The third-order valence-corrected chi connectivity index (χ3v) is 5.05. The van der Waals surface area contributed by atoms with Crippen LogP contribution in [0.4, 0.5) is 0 Å². The average molecular weight is 305 g/mol. The maximum atomic E-state index is 2.38. The molecule has 0 saturated heterocycles. The van der Waals surface area contributed by atoms with E-state index in [1.807, 2.05) is 0 Å². The number of hydrogen-bond donors (Lipinski definition) is 0. The summed E-state index contributed by atoms with van der Waals surface area (Å²) < 4.78 is 0. The van der Waals surface area contributed by atoms with Crippen LogP contribution < -0.4 is 0 Å². The smallest absolute Gasteiger partial charge is 0.0214 e. The quantitative estimate of drug-likeness (QED) is 0.375. The van der Waals surface area contributed by atoms with Gasteiger partial charge in [-0.1, -0.05) is 94.3 Å². The highest BCUT2D eigenvalue weighted by Crippen LogP contribution is 2.39. The second-order valence-corrected chi connectivity index (χ2v) is 6.83. The van der Waals surface area contributed by atoms with E-state index in [4.69, 9.17) is 0 Å². The lowest BCUT2D eigenvalue weighted by molar-refractivity contribution is 0.575. The first kappa shape index (κ1) is 16.3. The first-order valence-electron chi connectivity index (χ1n) is 9.46. The molecule has 0 spiro atoms. The van der Waals surface area contributed by atoms with E-state index in [9.17, 15) is 0 Å². The van der Waals surface area contributed by atoms with Gasteiger partial charge >= 0.3 is 0 Å². The Bertz CT molecular complexity index is 624. The fraction of sp³-hybridized carbons (Fsp3) is 0.435. The van der Waals surface area contributed by atoms with Crippen molar-refractivity contribution in [3.05, 3.63) is 65.6 Å². The summed E-state index contributed by atoms with van der Waals surface area (Å²) in [6, 6.07) is 15.6. The Kier molecular flexibility index (Phi) is 5.91. The first-order valence-corrected chi connectivity index (χ1v) is 9.46. The molecule has 3 rings (SSSR count). The summed E-state index contributed by atoms with van der Waals surface area (Å²) in [6.45, 7) is 2.29. The summed E-state index contributed by atoms with van der Waals surface area (Å²) in [5.74, 6) is 0. The molecule has 121 valence electrons. The number of fused-ring (bicyclic) bond motifs is 3. The molecule has 1 radical (unpaired) electrons. The maximum Gasteiger partial charge on any atom is 0.0214 e. The maximum absolute atomic E-state index is 2.38. The SMILES string of the molecule is CCCCCCCCCCc1cccc2c1[CH]c1ccccc1-2. The lowest BCUT2D eigenvalue weighted by atomic mass is 9.96. The molecule has 0 aromatic heterocycles. The van der Waals surface area contributed by atoms with E-state index in [0.717, 1.165) is 0 Å². The molecule has 0 nitrogen and oxygen atoms in total. The van der Waals surface area contributed by atoms with Crippen LogP contribution in [0.2, 0.25) is 0 Å². The van der Waals surface area contributed by atoms with Gasteiger partial charge in [0.1, 0.15) is 0 Å². The largest absolute Gasteiger partial charge is 0.0654 e. The standard InChI is InChI=1S/C23H29/c1-2-3-4-5-6-7-8-9-13-19-15-12-17-22-21-16-11-10-14-20(21)18-23(19)22/h10-12,14-18H,2-9,13H2,1H3. The van der Waals surface area contributed by atoms with Gasteiger partial charge in [-0.25, -0.2) is 0 Å². The van der Waals surface area contributed by atoms with Crippen molar-refractivity contribution in [3.8, 4) is 11.1 Å². The molecule has 0 fully saturated rings. The second kappa shape index (κ2) is 8.34. The Hall–Kier alpha value is -1.56. The minimum Gasteiger partial charge on any atom is -0.0654 e. The molecular formula is C23H29. The monoisotopic (exact) mass is 305 g/mol. The van der Waals surface area contributed by atoms with Crippen LogP contribution in [0.3, 0.4) is 0 Å². The molecule has 0 amide bonds. The number of aryl methyl sites for hydroxylation is 1. The Morgan fingerprint density at radius 1 is 0.652 bits per heavy atom. The molecule has 2 aromatic carbocycles. The minimum atomic E-state index is 1.22. The van der Waals surface area contributed by atoms with Crippen molar-refractivity contribution >= 4 is 0 Å². The first-order chi connectivity index (χ1) is 11.4. The van der Waals surface area contributed by atoms with Crippen molar-refractivity contribution < 1.29 is 0 Å². The highest BCUT2D eigenvalue weighted by atomic mass is 14.2. The minimum absolute atomic E-state index is 1.22. The number of unbranched alkanes of at least 4 members (excludes halogenated alkanes) is 7. The molecule has 0 bridgehead atoms. The van der Waals surface area contributed by atoms with Gasteiger partial charge in [-0.15, -0.1) is 0 Å². The van der Waals surface area contributed by atoms with E-state index < -0.39 is 0 Å². The van der Waals surface area contributed by atoms with Crippen LogP contribution in [0.25, 0.3) is 11.1 Å². The van der Waals surface area contributed by atoms with Crippen molar-refractivity contribution in [2.75, 3.05) is 0 Å². The Morgan fingerprint density at radius 3 is 2.17 bits per heavy atom. The summed E-state index contributed by atoms with van der Waals surface area (Å²) in [5.41, 5.74) is 7.21. The van der Waals surface area contributed by atoms with E-state index >= 15 is 0 Å². The molecule has 1 aliphatic rings. The van der Waals surface area contributed by atoms with Gasteiger partial charge in [-0.2, -0.15) is 0 Å². The molecular weight excluding hydrogens is 276 g/mol. The number of benzene rings is 2. The Morgan fingerprint density at radius 2 is 1.35 bits per heavy atom. The normalized spacial score (nSPS) is 12.2. The topological polar surface area (TPSA) is 0 Å². The van der Waals surface area contributed by atoms with Crippen LogP contribution in [0.1, 0.15) is 75.0 Å². The molecule has 0 atom stereocenters. The molecule has 1 aliphatic carbocycles. The molecule has 0 heteroatoms. The zero-order valence-electron chi connectivity index (χ0n) is 14.5. The number of hydrogen-bond acceptors (Lipinski definition) is 0. The summed E-state index contributed by atoms with van der Waals surface area (Å²) in [7, 11) is 0. The van der Waals surface area contributed by atoms with Gasteiger partial charge in [0.05, 0.1) is 0 Å². The third-order valence-electron chi connectivity index (χ3n) is 5.05. The van der Waals surface area contributed by atoms with Crippen LogP contribution in [0.5, 0.6) is 0 Å². The molecule has 0 heterocycles. The average Bonchev–Trinajstić information content (AvgIpc) is 2.97. The van der Waals surface area contributed by atoms with Crippen LogP contribution in [0, 0.1) is 6.42 Å². The lowest BCUT2D eigenvalue weighted by Gasteiger charge is -2.08. The molecule has 0 saturated carbocycles. The number of rotatable bonds is 9. The van der Waals surface area contributed by atoms with Gasteiger partial charge in [0.25, 0.3) is 0 Å². The van der Waals surface area contributed by atoms with Gasteiger partial charge in [-0.3, -0.25) is 0 Å². The van der Waals surface area contributed by atoms with Crippen LogP contribution in [-0.2, 0) is 6.42 Å².